The van der Waals surface area contributed by atoms with E-state index in [1.165, 1.54) is 18.2 Å². The number of carbonyl (C=O) groups excluding carboxylic acids is 4. The molecule has 0 radical (unpaired) electrons. The van der Waals surface area contributed by atoms with Crippen LogP contribution in [-0.2, 0) is 9.59 Å². The van der Waals surface area contributed by atoms with Gasteiger partial charge in [-0.25, -0.2) is 0 Å². The second-order valence-corrected chi connectivity index (χ2v) is 5.79. The molecule has 0 aromatic heterocycles. The number of carboxylic acid groups (broad SMARTS) is 2. The van der Waals surface area contributed by atoms with Crippen molar-refractivity contribution in [3.05, 3.63) is 65.2 Å². The minimum absolute atomic E-state index is 0.0254. The van der Waals surface area contributed by atoms with E-state index in [0.29, 0.717) is 5.56 Å². The van der Waals surface area contributed by atoms with Crippen molar-refractivity contribution < 1.29 is 29.4 Å². The highest BCUT2D eigenvalue weighted by molar-refractivity contribution is 6.09. The minimum Gasteiger partial charge on any atom is -0.550 e. The van der Waals surface area contributed by atoms with E-state index >= 15 is 0 Å². The van der Waals surface area contributed by atoms with Crippen LogP contribution in [0.3, 0.4) is 0 Å². The number of hydrogen-bond acceptors (Lipinski definition) is 6. The lowest BCUT2D eigenvalue weighted by Crippen LogP contribution is -2.50. The summed E-state index contributed by atoms with van der Waals surface area (Å²) in [7, 11) is 0. The van der Waals surface area contributed by atoms with Crippen molar-refractivity contribution in [2.45, 2.75) is 19.4 Å². The molecule has 2 rings (SSSR count). The molecule has 27 heavy (non-hydrogen) atoms. The molecule has 1 atom stereocenters. The van der Waals surface area contributed by atoms with Gasteiger partial charge in [-0.05, 0) is 31.2 Å². The molecule has 2 aromatic rings. The zero-order valence-electron chi connectivity index (χ0n) is 14.4. The van der Waals surface area contributed by atoms with E-state index in [9.17, 15) is 29.4 Å². The first kappa shape index (κ1) is 19.6. The van der Waals surface area contributed by atoms with Gasteiger partial charge < -0.3 is 30.4 Å². The molecule has 0 spiro atoms. The Balaban J connectivity index is 2.20. The number of hydrogen-bond donors (Lipinski definition) is 2. The Hall–Kier alpha value is -3.68. The largest absolute Gasteiger partial charge is 0.550 e. The van der Waals surface area contributed by atoms with Crippen LogP contribution in [0.4, 0.5) is 5.69 Å². The molecule has 0 saturated carbocycles. The average Bonchev–Trinajstić information content (AvgIpc) is 2.61. The molecular weight excluding hydrogens is 352 g/mol. The summed E-state index contributed by atoms with van der Waals surface area (Å²) in [4.78, 5) is 46.3. The number of carbonyl (C=O) groups is 4. The first-order valence-corrected chi connectivity index (χ1v) is 7.96. The summed E-state index contributed by atoms with van der Waals surface area (Å²) in [5, 5.41) is 26.2. The van der Waals surface area contributed by atoms with Crippen LogP contribution in [0.2, 0.25) is 0 Å². The van der Waals surface area contributed by atoms with Crippen LogP contribution in [0.15, 0.2) is 48.5 Å². The van der Waals surface area contributed by atoms with Crippen LogP contribution >= 0.6 is 0 Å². The lowest BCUT2D eigenvalue weighted by atomic mass is 10.1. The zero-order chi connectivity index (χ0) is 20.0. The van der Waals surface area contributed by atoms with Crippen LogP contribution in [0, 0.1) is 6.92 Å². The Kier molecular flexibility index (Phi) is 6.27. The number of aliphatic carboxylic acids is 2. The van der Waals surface area contributed by atoms with Crippen molar-refractivity contribution in [1.82, 2.24) is 5.32 Å². The Labute approximate surface area is 154 Å². The van der Waals surface area contributed by atoms with Crippen LogP contribution in [0.1, 0.15) is 32.7 Å². The topological polar surface area (TPSA) is 138 Å². The number of amides is 2. The summed E-state index contributed by atoms with van der Waals surface area (Å²) < 4.78 is 0. The standard InChI is InChI=1S/C19H18N2O6/c1-11-6-8-12(9-7-11)17(24)20-14-5-3-2-4-13(14)18(25)21-15(19(26)27)10-16(22)23/h2-9,15H,10H2,1H3,(H,20,24)(H,21,25)(H,22,23)(H,26,27)/p-2/t15-/m0/s1. The maximum Gasteiger partial charge on any atom is 0.255 e. The van der Waals surface area contributed by atoms with Gasteiger partial charge in [-0.2, -0.15) is 0 Å². The summed E-state index contributed by atoms with van der Waals surface area (Å²) >= 11 is 0. The Morgan fingerprint density at radius 3 is 2.15 bits per heavy atom. The Morgan fingerprint density at radius 1 is 0.926 bits per heavy atom. The number of para-hydroxylation sites is 1. The monoisotopic (exact) mass is 368 g/mol. The third kappa shape index (κ3) is 5.40. The predicted octanol–water partition coefficient (Wildman–Crippen LogP) is -0.764. The third-order valence-corrected chi connectivity index (χ3v) is 3.69. The highest BCUT2D eigenvalue weighted by atomic mass is 16.4. The van der Waals surface area contributed by atoms with Crippen molar-refractivity contribution in [1.29, 1.82) is 0 Å². The van der Waals surface area contributed by atoms with Gasteiger partial charge >= 0.3 is 0 Å². The summed E-state index contributed by atoms with van der Waals surface area (Å²) in [6.07, 6.45) is -0.939. The molecule has 0 aliphatic carbocycles. The maximum atomic E-state index is 12.4. The predicted molar refractivity (Wildman–Crippen MR) is 91.5 cm³/mol. The van der Waals surface area contributed by atoms with E-state index in [2.05, 4.69) is 10.6 Å². The van der Waals surface area contributed by atoms with Gasteiger partial charge in [0.1, 0.15) is 0 Å². The molecular formula is C19H16N2O6-2. The van der Waals surface area contributed by atoms with Gasteiger partial charge in [0.05, 0.1) is 23.3 Å². The van der Waals surface area contributed by atoms with Gasteiger partial charge in [-0.3, -0.25) is 9.59 Å². The fourth-order valence-electron chi connectivity index (χ4n) is 2.29. The summed E-state index contributed by atoms with van der Waals surface area (Å²) in [6.45, 7) is 1.88. The molecule has 2 N–H and O–H groups in total. The third-order valence-electron chi connectivity index (χ3n) is 3.69. The average molecular weight is 368 g/mol. The Bertz CT molecular complexity index is 876. The molecule has 0 unspecified atom stereocenters. The molecule has 2 aromatic carbocycles. The van der Waals surface area contributed by atoms with Crippen LogP contribution < -0.4 is 20.8 Å². The van der Waals surface area contributed by atoms with E-state index in [1.807, 2.05) is 6.92 Å². The minimum atomic E-state index is -1.76. The number of aryl methyl sites for hydroxylation is 1. The second-order valence-electron chi connectivity index (χ2n) is 5.79. The van der Waals surface area contributed by atoms with Crippen molar-refractivity contribution in [3.8, 4) is 0 Å². The molecule has 0 aliphatic heterocycles. The van der Waals surface area contributed by atoms with Crippen molar-refractivity contribution in [2.75, 3.05) is 5.32 Å². The second kappa shape index (κ2) is 8.61. The number of carboxylic acids is 2. The van der Waals surface area contributed by atoms with Crippen molar-refractivity contribution in [3.63, 3.8) is 0 Å². The lowest BCUT2D eigenvalue weighted by molar-refractivity contribution is -0.317. The summed E-state index contributed by atoms with van der Waals surface area (Å²) in [5.74, 6) is -4.73. The van der Waals surface area contributed by atoms with E-state index in [1.54, 1.807) is 30.3 Å². The molecule has 2 amide bonds. The fraction of sp³-hybridized carbons (Fsp3) is 0.158. The smallest absolute Gasteiger partial charge is 0.255 e. The fourth-order valence-corrected chi connectivity index (χ4v) is 2.29. The summed E-state index contributed by atoms with van der Waals surface area (Å²) in [5.41, 5.74) is 1.47. The maximum absolute atomic E-state index is 12.4. The first-order chi connectivity index (χ1) is 12.8. The van der Waals surface area contributed by atoms with Gasteiger partial charge in [0, 0.05) is 18.0 Å². The van der Waals surface area contributed by atoms with E-state index in [-0.39, 0.29) is 11.3 Å². The van der Waals surface area contributed by atoms with E-state index in [4.69, 9.17) is 0 Å². The highest BCUT2D eigenvalue weighted by Crippen LogP contribution is 2.17. The van der Waals surface area contributed by atoms with Crippen LogP contribution in [0.25, 0.3) is 0 Å². The number of anilines is 1. The van der Waals surface area contributed by atoms with Gasteiger partial charge in [-0.1, -0.05) is 29.8 Å². The van der Waals surface area contributed by atoms with Gasteiger partial charge in [0.2, 0.25) is 0 Å². The van der Waals surface area contributed by atoms with Crippen molar-refractivity contribution >= 4 is 29.4 Å². The van der Waals surface area contributed by atoms with Crippen molar-refractivity contribution in [2.24, 2.45) is 0 Å². The van der Waals surface area contributed by atoms with Crippen LogP contribution in [-0.4, -0.2) is 29.8 Å². The first-order valence-electron chi connectivity index (χ1n) is 7.96. The highest BCUT2D eigenvalue weighted by Gasteiger charge is 2.18. The number of rotatable bonds is 7. The van der Waals surface area contributed by atoms with E-state index in [0.717, 1.165) is 5.56 Å². The van der Waals surface area contributed by atoms with Crippen LogP contribution in [0.5, 0.6) is 0 Å². The molecule has 140 valence electrons. The molecule has 0 saturated heterocycles. The van der Waals surface area contributed by atoms with Gasteiger partial charge in [0.15, 0.2) is 0 Å². The molecule has 8 nitrogen and oxygen atoms in total. The van der Waals surface area contributed by atoms with Gasteiger partial charge in [-0.15, -0.1) is 0 Å². The quantitative estimate of drug-likeness (QED) is 0.658. The molecule has 0 aliphatic rings. The molecule has 0 fully saturated rings. The zero-order valence-corrected chi connectivity index (χ0v) is 14.4. The summed E-state index contributed by atoms with van der Waals surface area (Å²) in [6, 6.07) is 10.9. The molecule has 8 heteroatoms. The Morgan fingerprint density at radius 2 is 1.56 bits per heavy atom. The normalized spacial score (nSPS) is 11.3. The van der Waals surface area contributed by atoms with Gasteiger partial charge in [0.25, 0.3) is 11.8 Å². The molecule has 0 bridgehead atoms. The van der Waals surface area contributed by atoms with E-state index < -0.39 is 36.2 Å². The lowest BCUT2D eigenvalue weighted by Gasteiger charge is -2.21. The molecule has 0 heterocycles. The SMILES string of the molecule is Cc1ccc(C(=O)Nc2ccccc2C(=O)N[C@@H](CC(=O)[O-])C(=O)[O-])cc1. The number of nitrogens with one attached hydrogen (secondary N) is 2. The number of benzene rings is 2.